The Balaban J connectivity index is 1.63. The van der Waals surface area contributed by atoms with Gasteiger partial charge in [-0.05, 0) is 36.6 Å². The van der Waals surface area contributed by atoms with Gasteiger partial charge in [0.25, 0.3) is 5.91 Å². The van der Waals surface area contributed by atoms with Crippen molar-refractivity contribution in [3.8, 4) is 11.1 Å². The minimum Gasteiger partial charge on any atom is -0.329 e. The summed E-state index contributed by atoms with van der Waals surface area (Å²) in [5, 5.41) is 14.6. The van der Waals surface area contributed by atoms with Crippen LogP contribution in [0.2, 0.25) is 0 Å². The Kier molecular flexibility index (Phi) is 4.30. The van der Waals surface area contributed by atoms with Crippen molar-refractivity contribution in [1.82, 2.24) is 30.3 Å². The summed E-state index contributed by atoms with van der Waals surface area (Å²) in [4.78, 5) is 19.1. The van der Waals surface area contributed by atoms with Gasteiger partial charge in [-0.3, -0.25) is 20.0 Å². The molecule has 3 aromatic heterocycles. The summed E-state index contributed by atoms with van der Waals surface area (Å²) in [7, 11) is 0. The molecule has 3 aromatic rings. The van der Waals surface area contributed by atoms with E-state index in [1.54, 1.807) is 12.4 Å². The van der Waals surface area contributed by atoms with Gasteiger partial charge in [-0.15, -0.1) is 0 Å². The van der Waals surface area contributed by atoms with Crippen LogP contribution in [0, 0.1) is 0 Å². The Labute approximate surface area is 158 Å². The van der Waals surface area contributed by atoms with Crippen LogP contribution >= 0.6 is 0 Å². The molecule has 4 heterocycles. The number of nitrogens with zero attached hydrogens (tertiary/aromatic N) is 4. The standard InChI is InChI=1S/C20H24N6O/c1-20(2,3)17-11-15(23-24-17)19(27)26-10-4-5-16(26)18-14(12-22-25-18)13-6-8-21-9-7-13/h6-9,11-12,16H,4-5,10H2,1-3H3,(H,22,25)(H,23,24)/t16-/m0/s1. The summed E-state index contributed by atoms with van der Waals surface area (Å²) < 4.78 is 0. The van der Waals surface area contributed by atoms with E-state index in [1.165, 1.54) is 0 Å². The summed E-state index contributed by atoms with van der Waals surface area (Å²) in [6.45, 7) is 7.01. The second-order valence-corrected chi connectivity index (χ2v) is 8.01. The first kappa shape index (κ1) is 17.5. The first-order chi connectivity index (χ1) is 12.9. The van der Waals surface area contributed by atoms with E-state index in [2.05, 4.69) is 46.1 Å². The molecular weight excluding hydrogens is 340 g/mol. The first-order valence-electron chi connectivity index (χ1n) is 9.25. The second kappa shape index (κ2) is 6.64. The molecule has 4 rings (SSSR count). The number of H-pyrrole nitrogens is 2. The van der Waals surface area contributed by atoms with Crippen LogP contribution in [0.1, 0.15) is 61.5 Å². The summed E-state index contributed by atoms with van der Waals surface area (Å²) in [5.74, 6) is -0.0421. The molecule has 0 bridgehead atoms. The van der Waals surface area contributed by atoms with Gasteiger partial charge in [0.2, 0.25) is 0 Å². The molecule has 1 saturated heterocycles. The van der Waals surface area contributed by atoms with Crippen molar-refractivity contribution in [3.05, 3.63) is 53.9 Å². The predicted molar refractivity (Wildman–Crippen MR) is 102 cm³/mol. The lowest BCUT2D eigenvalue weighted by atomic mass is 9.92. The molecule has 1 fully saturated rings. The molecule has 0 spiro atoms. The summed E-state index contributed by atoms with van der Waals surface area (Å²) in [5.41, 5.74) is 4.38. The van der Waals surface area contributed by atoms with E-state index >= 15 is 0 Å². The van der Waals surface area contributed by atoms with Crippen molar-refractivity contribution >= 4 is 5.91 Å². The van der Waals surface area contributed by atoms with Gasteiger partial charge in [-0.2, -0.15) is 10.2 Å². The number of aromatic nitrogens is 5. The zero-order valence-corrected chi connectivity index (χ0v) is 15.9. The van der Waals surface area contributed by atoms with Crippen molar-refractivity contribution in [2.24, 2.45) is 0 Å². The molecule has 1 aliphatic rings. The van der Waals surface area contributed by atoms with Gasteiger partial charge < -0.3 is 4.90 Å². The van der Waals surface area contributed by atoms with E-state index in [-0.39, 0.29) is 17.4 Å². The van der Waals surface area contributed by atoms with Crippen LogP contribution < -0.4 is 0 Å². The molecule has 2 N–H and O–H groups in total. The number of likely N-dealkylation sites (tertiary alicyclic amines) is 1. The fraction of sp³-hybridized carbons (Fsp3) is 0.400. The second-order valence-electron chi connectivity index (χ2n) is 8.01. The Bertz CT molecular complexity index is 937. The van der Waals surface area contributed by atoms with Gasteiger partial charge in [0.05, 0.1) is 17.9 Å². The van der Waals surface area contributed by atoms with Crippen LogP contribution in [-0.4, -0.2) is 42.7 Å². The maximum atomic E-state index is 13.1. The minimum atomic E-state index is -0.0756. The average molecular weight is 364 g/mol. The van der Waals surface area contributed by atoms with E-state index in [1.807, 2.05) is 29.3 Å². The Morgan fingerprint density at radius 2 is 2.00 bits per heavy atom. The fourth-order valence-corrected chi connectivity index (χ4v) is 3.58. The van der Waals surface area contributed by atoms with Gasteiger partial charge in [0, 0.05) is 35.6 Å². The predicted octanol–water partition coefficient (Wildman–Crippen LogP) is 3.47. The van der Waals surface area contributed by atoms with Crippen LogP contribution in [-0.2, 0) is 5.41 Å². The van der Waals surface area contributed by atoms with Crippen molar-refractivity contribution in [1.29, 1.82) is 0 Å². The Morgan fingerprint density at radius 3 is 2.70 bits per heavy atom. The Morgan fingerprint density at radius 1 is 1.22 bits per heavy atom. The van der Waals surface area contributed by atoms with E-state index < -0.39 is 0 Å². The van der Waals surface area contributed by atoms with E-state index in [9.17, 15) is 4.79 Å². The molecule has 0 radical (unpaired) electrons. The minimum absolute atomic E-state index is 0.0297. The smallest absolute Gasteiger partial charge is 0.274 e. The van der Waals surface area contributed by atoms with E-state index in [0.717, 1.165) is 41.9 Å². The molecule has 0 saturated carbocycles. The summed E-state index contributed by atoms with van der Waals surface area (Å²) in [6.07, 6.45) is 7.21. The normalized spacial score (nSPS) is 17.4. The lowest BCUT2D eigenvalue weighted by Crippen LogP contribution is -2.31. The third kappa shape index (κ3) is 3.25. The third-order valence-corrected chi connectivity index (χ3v) is 5.11. The van der Waals surface area contributed by atoms with E-state index in [0.29, 0.717) is 5.69 Å². The quantitative estimate of drug-likeness (QED) is 0.744. The Hall–Kier alpha value is -2.96. The molecule has 0 aliphatic carbocycles. The van der Waals surface area contributed by atoms with Crippen molar-refractivity contribution in [2.45, 2.75) is 45.1 Å². The largest absolute Gasteiger partial charge is 0.329 e. The average Bonchev–Trinajstić information content (AvgIpc) is 3.40. The zero-order valence-electron chi connectivity index (χ0n) is 15.9. The maximum absolute atomic E-state index is 13.1. The lowest BCUT2D eigenvalue weighted by Gasteiger charge is -2.24. The summed E-state index contributed by atoms with van der Waals surface area (Å²) in [6, 6.07) is 5.75. The molecule has 1 atom stereocenters. The number of nitrogens with one attached hydrogen (secondary N) is 2. The number of hydrogen-bond acceptors (Lipinski definition) is 4. The monoisotopic (exact) mass is 364 g/mol. The van der Waals surface area contributed by atoms with Crippen LogP contribution in [0.4, 0.5) is 0 Å². The van der Waals surface area contributed by atoms with Gasteiger partial charge in [0.15, 0.2) is 0 Å². The summed E-state index contributed by atoms with van der Waals surface area (Å²) >= 11 is 0. The number of rotatable bonds is 3. The highest BCUT2D eigenvalue weighted by Crippen LogP contribution is 2.37. The SMILES string of the molecule is CC(C)(C)c1cc(C(=O)N2CCC[C@H]2c2[nH]ncc2-c2ccncc2)n[nH]1. The third-order valence-electron chi connectivity index (χ3n) is 5.11. The van der Waals surface area contributed by atoms with Crippen molar-refractivity contribution in [3.63, 3.8) is 0 Å². The van der Waals surface area contributed by atoms with Gasteiger partial charge in [-0.1, -0.05) is 20.8 Å². The highest BCUT2D eigenvalue weighted by molar-refractivity contribution is 5.93. The molecular formula is C20H24N6O. The molecule has 0 unspecified atom stereocenters. The fourth-order valence-electron chi connectivity index (χ4n) is 3.58. The number of aromatic amines is 2. The number of pyridine rings is 1. The first-order valence-corrected chi connectivity index (χ1v) is 9.25. The number of amides is 1. The molecule has 27 heavy (non-hydrogen) atoms. The van der Waals surface area contributed by atoms with Crippen molar-refractivity contribution in [2.75, 3.05) is 6.54 Å². The topological polar surface area (TPSA) is 90.6 Å². The molecule has 1 amide bonds. The zero-order chi connectivity index (χ0) is 19.0. The highest BCUT2D eigenvalue weighted by Gasteiger charge is 2.34. The molecule has 7 nitrogen and oxygen atoms in total. The molecule has 140 valence electrons. The van der Waals surface area contributed by atoms with Crippen LogP contribution in [0.25, 0.3) is 11.1 Å². The van der Waals surface area contributed by atoms with Gasteiger partial charge >= 0.3 is 0 Å². The van der Waals surface area contributed by atoms with Gasteiger partial charge in [0.1, 0.15) is 5.69 Å². The lowest BCUT2D eigenvalue weighted by molar-refractivity contribution is 0.0727. The van der Waals surface area contributed by atoms with Crippen LogP contribution in [0.15, 0.2) is 36.8 Å². The number of carbonyl (C=O) groups excluding carboxylic acids is 1. The van der Waals surface area contributed by atoms with Crippen LogP contribution in [0.5, 0.6) is 0 Å². The van der Waals surface area contributed by atoms with E-state index in [4.69, 9.17) is 0 Å². The molecule has 7 heteroatoms. The number of carbonyl (C=O) groups is 1. The molecule has 0 aromatic carbocycles. The van der Waals surface area contributed by atoms with Crippen molar-refractivity contribution < 1.29 is 4.79 Å². The van der Waals surface area contributed by atoms with Gasteiger partial charge in [-0.25, -0.2) is 0 Å². The number of hydrogen-bond donors (Lipinski definition) is 2. The molecule has 1 aliphatic heterocycles. The maximum Gasteiger partial charge on any atom is 0.274 e. The highest BCUT2D eigenvalue weighted by atomic mass is 16.2. The van der Waals surface area contributed by atoms with Crippen LogP contribution in [0.3, 0.4) is 0 Å².